The maximum absolute atomic E-state index is 11.7. The summed E-state index contributed by atoms with van der Waals surface area (Å²) in [6.07, 6.45) is 1.86. The van der Waals surface area contributed by atoms with Crippen molar-refractivity contribution in [3.05, 3.63) is 50.1 Å². The smallest absolute Gasteiger partial charge is 0.229 e. The van der Waals surface area contributed by atoms with E-state index in [1.54, 1.807) is 6.07 Å². The van der Waals surface area contributed by atoms with Crippen LogP contribution in [0.5, 0.6) is 5.75 Å². The SMILES string of the molecule is CCOc1c(C)cc(N=C(C)N2CCc3c(cccc3NS(C)(=O)=O)C2)c(C#N)c1I. The maximum Gasteiger partial charge on any atom is 0.229 e. The van der Waals surface area contributed by atoms with E-state index in [9.17, 15) is 13.7 Å². The summed E-state index contributed by atoms with van der Waals surface area (Å²) >= 11 is 2.14. The van der Waals surface area contributed by atoms with E-state index < -0.39 is 10.0 Å². The van der Waals surface area contributed by atoms with Crippen LogP contribution in [-0.2, 0) is 23.0 Å². The summed E-state index contributed by atoms with van der Waals surface area (Å²) in [4.78, 5) is 6.92. The Hall–Kier alpha value is -2.32. The van der Waals surface area contributed by atoms with Crippen LogP contribution in [0, 0.1) is 21.8 Å². The van der Waals surface area contributed by atoms with E-state index >= 15 is 0 Å². The Morgan fingerprint density at radius 1 is 1.42 bits per heavy atom. The molecule has 0 fully saturated rings. The van der Waals surface area contributed by atoms with Crippen LogP contribution in [0.3, 0.4) is 0 Å². The fraction of sp³-hybridized carbons (Fsp3) is 0.364. The molecule has 0 atom stereocenters. The molecule has 0 radical (unpaired) electrons. The molecular formula is C22H25IN4O3S. The summed E-state index contributed by atoms with van der Waals surface area (Å²) in [6, 6.07) is 9.81. The van der Waals surface area contributed by atoms with Gasteiger partial charge in [-0.1, -0.05) is 12.1 Å². The predicted molar refractivity (Wildman–Crippen MR) is 132 cm³/mol. The van der Waals surface area contributed by atoms with E-state index in [4.69, 9.17) is 9.73 Å². The third-order valence-electron chi connectivity index (χ3n) is 5.09. The number of rotatable bonds is 5. The number of hydrogen-bond acceptors (Lipinski definition) is 5. The molecule has 1 aliphatic heterocycles. The monoisotopic (exact) mass is 552 g/mol. The average molecular weight is 552 g/mol. The Bertz CT molecular complexity index is 1190. The fourth-order valence-corrected chi connectivity index (χ4v) is 5.25. The second kappa shape index (κ2) is 9.44. The third kappa shape index (κ3) is 5.30. The van der Waals surface area contributed by atoms with Crippen molar-refractivity contribution < 1.29 is 13.2 Å². The fourth-order valence-electron chi connectivity index (χ4n) is 3.68. The van der Waals surface area contributed by atoms with Gasteiger partial charge in [0.2, 0.25) is 10.0 Å². The van der Waals surface area contributed by atoms with Crippen LogP contribution in [0.4, 0.5) is 11.4 Å². The van der Waals surface area contributed by atoms with Crippen molar-refractivity contribution in [1.82, 2.24) is 4.90 Å². The van der Waals surface area contributed by atoms with E-state index in [2.05, 4.69) is 38.3 Å². The molecule has 3 rings (SSSR count). The normalized spacial score (nSPS) is 14.1. The third-order valence-corrected chi connectivity index (χ3v) is 6.71. The van der Waals surface area contributed by atoms with Crippen LogP contribution >= 0.6 is 22.6 Å². The van der Waals surface area contributed by atoms with Gasteiger partial charge in [0.1, 0.15) is 17.7 Å². The van der Waals surface area contributed by atoms with E-state index in [-0.39, 0.29) is 0 Å². The predicted octanol–water partition coefficient (Wildman–Crippen LogP) is 4.35. The lowest BCUT2D eigenvalue weighted by Gasteiger charge is -2.31. The van der Waals surface area contributed by atoms with Crippen LogP contribution in [-0.4, -0.2) is 38.6 Å². The molecule has 0 aromatic heterocycles. The van der Waals surface area contributed by atoms with Crippen molar-refractivity contribution in [2.45, 2.75) is 33.7 Å². The van der Waals surface area contributed by atoms with Gasteiger partial charge in [-0.15, -0.1) is 0 Å². The van der Waals surface area contributed by atoms with Gasteiger partial charge >= 0.3 is 0 Å². The van der Waals surface area contributed by atoms with Crippen molar-refractivity contribution in [3.8, 4) is 11.8 Å². The van der Waals surface area contributed by atoms with Gasteiger partial charge in [0, 0.05) is 13.1 Å². The molecule has 0 saturated carbocycles. The van der Waals surface area contributed by atoms with Gasteiger partial charge in [-0.05, 0) is 78.6 Å². The zero-order valence-corrected chi connectivity index (χ0v) is 21.0. The number of nitriles is 1. The minimum Gasteiger partial charge on any atom is -0.492 e. The van der Waals surface area contributed by atoms with Crippen LogP contribution in [0.25, 0.3) is 0 Å². The molecule has 9 heteroatoms. The van der Waals surface area contributed by atoms with Gasteiger partial charge < -0.3 is 9.64 Å². The molecule has 0 bridgehead atoms. The second-order valence-electron chi connectivity index (χ2n) is 7.42. The van der Waals surface area contributed by atoms with Gasteiger partial charge in [0.05, 0.1) is 33.4 Å². The van der Waals surface area contributed by atoms with E-state index in [1.165, 1.54) is 0 Å². The summed E-state index contributed by atoms with van der Waals surface area (Å²) in [5, 5.41) is 9.71. The van der Waals surface area contributed by atoms with Gasteiger partial charge in [-0.25, -0.2) is 13.4 Å². The van der Waals surface area contributed by atoms with Crippen LogP contribution < -0.4 is 9.46 Å². The number of benzene rings is 2. The molecular weight excluding hydrogens is 527 g/mol. The largest absolute Gasteiger partial charge is 0.492 e. The molecule has 1 aliphatic rings. The molecule has 7 nitrogen and oxygen atoms in total. The zero-order valence-electron chi connectivity index (χ0n) is 18.0. The van der Waals surface area contributed by atoms with E-state index in [0.29, 0.717) is 43.1 Å². The first kappa shape index (κ1) is 23.3. The summed E-state index contributed by atoms with van der Waals surface area (Å²) in [5.74, 6) is 1.54. The number of sulfonamides is 1. The number of ether oxygens (including phenoxy) is 1. The Kier molecular flexibility index (Phi) is 7.11. The second-order valence-corrected chi connectivity index (χ2v) is 10.3. The lowest BCUT2D eigenvalue weighted by atomic mass is 9.98. The molecule has 31 heavy (non-hydrogen) atoms. The molecule has 0 amide bonds. The molecule has 0 saturated heterocycles. The van der Waals surface area contributed by atoms with Gasteiger partial charge in [0.25, 0.3) is 0 Å². The summed E-state index contributed by atoms with van der Waals surface area (Å²) in [6.45, 7) is 7.67. The van der Waals surface area contributed by atoms with Crippen molar-refractivity contribution >= 4 is 49.8 Å². The van der Waals surface area contributed by atoms with Crippen LogP contribution in [0.2, 0.25) is 0 Å². The zero-order chi connectivity index (χ0) is 22.8. The Morgan fingerprint density at radius 3 is 2.81 bits per heavy atom. The molecule has 0 spiro atoms. The number of fused-ring (bicyclic) bond motifs is 1. The summed E-state index contributed by atoms with van der Waals surface area (Å²) < 4.78 is 32.4. The molecule has 2 aromatic rings. The summed E-state index contributed by atoms with van der Waals surface area (Å²) in [7, 11) is -3.33. The molecule has 1 N–H and O–H groups in total. The number of halogens is 1. The number of aliphatic imine (C=N–C) groups is 1. The molecule has 0 unspecified atom stereocenters. The quantitative estimate of drug-likeness (QED) is 0.338. The number of aryl methyl sites for hydroxylation is 1. The Balaban J connectivity index is 1.92. The lowest BCUT2D eigenvalue weighted by Crippen LogP contribution is -2.34. The maximum atomic E-state index is 11.7. The topological polar surface area (TPSA) is 94.8 Å². The average Bonchev–Trinajstić information content (AvgIpc) is 2.70. The molecule has 2 aromatic carbocycles. The standard InChI is InChI=1S/C22H25IN4O3S/c1-5-30-22-14(2)11-20(18(12-24)21(22)23)25-15(3)27-10-9-17-16(13-27)7-6-8-19(17)26-31(4,28)29/h6-8,11,26H,5,9-10,13H2,1-4H3. The minimum atomic E-state index is -3.33. The summed E-state index contributed by atoms with van der Waals surface area (Å²) in [5.41, 5.74) is 4.79. The first-order valence-corrected chi connectivity index (χ1v) is 12.9. The molecule has 1 heterocycles. The van der Waals surface area contributed by atoms with Gasteiger partial charge in [-0.3, -0.25) is 4.72 Å². The number of nitrogens with one attached hydrogen (secondary N) is 1. The minimum absolute atomic E-state index is 0.506. The molecule has 164 valence electrons. The van der Waals surface area contributed by atoms with Crippen LogP contribution in [0.1, 0.15) is 36.1 Å². The Morgan fingerprint density at radius 2 is 2.16 bits per heavy atom. The number of amidine groups is 1. The van der Waals surface area contributed by atoms with Gasteiger partial charge in [0.15, 0.2) is 0 Å². The van der Waals surface area contributed by atoms with Crippen LogP contribution in [0.15, 0.2) is 29.3 Å². The van der Waals surface area contributed by atoms with Gasteiger partial charge in [-0.2, -0.15) is 5.26 Å². The van der Waals surface area contributed by atoms with E-state index in [1.807, 2.05) is 39.0 Å². The number of hydrogen-bond donors (Lipinski definition) is 1. The first-order valence-electron chi connectivity index (χ1n) is 9.89. The molecule has 0 aliphatic carbocycles. The highest BCUT2D eigenvalue weighted by Gasteiger charge is 2.22. The number of anilines is 1. The number of nitrogens with zero attached hydrogens (tertiary/aromatic N) is 3. The van der Waals surface area contributed by atoms with E-state index in [0.717, 1.165) is 38.1 Å². The first-order chi connectivity index (χ1) is 14.6. The highest BCUT2D eigenvalue weighted by Crippen LogP contribution is 2.35. The highest BCUT2D eigenvalue weighted by atomic mass is 127. The highest BCUT2D eigenvalue weighted by molar-refractivity contribution is 14.1. The van der Waals surface area contributed by atoms with Crippen molar-refractivity contribution in [2.24, 2.45) is 4.99 Å². The Labute approximate surface area is 197 Å². The van der Waals surface area contributed by atoms with Crippen molar-refractivity contribution in [1.29, 1.82) is 5.26 Å². The van der Waals surface area contributed by atoms with Crippen molar-refractivity contribution in [3.63, 3.8) is 0 Å². The lowest BCUT2D eigenvalue weighted by molar-refractivity contribution is 0.335. The van der Waals surface area contributed by atoms with Crippen molar-refractivity contribution in [2.75, 3.05) is 24.1 Å².